The number of ether oxygens (including phenoxy) is 2. The van der Waals surface area contributed by atoms with Crippen molar-refractivity contribution in [3.05, 3.63) is 34.7 Å². The molecule has 0 saturated carbocycles. The van der Waals surface area contributed by atoms with Crippen LogP contribution in [0, 0.1) is 0 Å². The Kier molecular flexibility index (Phi) is 9.59. The van der Waals surface area contributed by atoms with Gasteiger partial charge >= 0.3 is 0 Å². The fraction of sp³-hybridized carbons (Fsp3) is 0.267. The zero-order valence-corrected chi connectivity index (χ0v) is 19.3. The average molecular weight is 547 g/mol. The third-order valence-electron chi connectivity index (χ3n) is 3.16. The molecule has 0 bridgehead atoms. The number of anilines is 1. The van der Waals surface area contributed by atoms with Gasteiger partial charge in [-0.05, 0) is 24.3 Å². The zero-order valence-electron chi connectivity index (χ0n) is 14.6. The molecule has 1 heterocycles. The van der Waals surface area contributed by atoms with Crippen LogP contribution in [-0.2, 0) is 10.0 Å². The molecule has 0 fully saturated rings. The Morgan fingerprint density at radius 2 is 1.93 bits per heavy atom. The number of hydrogen-bond acceptors (Lipinski definition) is 6. The first-order valence-electron chi connectivity index (χ1n) is 7.39. The summed E-state index contributed by atoms with van der Waals surface area (Å²) in [4.78, 5) is 4.08. The Balaban J connectivity index is 0.00000364. The number of nitrogens with zero attached hydrogens (tertiary/aromatic N) is 1. The Hall–Kier alpha value is -1.28. The lowest BCUT2D eigenvalue weighted by Gasteiger charge is -2.11. The van der Waals surface area contributed by atoms with Crippen molar-refractivity contribution in [2.24, 2.45) is 10.7 Å². The van der Waals surface area contributed by atoms with Crippen molar-refractivity contribution in [1.29, 1.82) is 0 Å². The van der Waals surface area contributed by atoms with Crippen LogP contribution in [0.4, 0.5) is 5.69 Å². The molecule has 2 rings (SSSR count). The predicted octanol–water partition coefficient (Wildman–Crippen LogP) is 2.74. The first-order chi connectivity index (χ1) is 12.4. The summed E-state index contributed by atoms with van der Waals surface area (Å²) in [5, 5.41) is 2.90. The van der Waals surface area contributed by atoms with Crippen molar-refractivity contribution in [3.8, 4) is 11.5 Å². The van der Waals surface area contributed by atoms with Crippen molar-refractivity contribution in [2.75, 3.05) is 32.6 Å². The second kappa shape index (κ2) is 10.9. The number of nitrogens with two attached hydrogens (primary N) is 1. The molecule has 0 aliphatic rings. The second-order valence-corrected chi connectivity index (χ2v) is 8.63. The van der Waals surface area contributed by atoms with E-state index in [0.717, 1.165) is 11.3 Å². The summed E-state index contributed by atoms with van der Waals surface area (Å²) in [5.41, 5.74) is 6.47. The summed E-state index contributed by atoms with van der Waals surface area (Å²) in [6.07, 6.45) is 0. The lowest BCUT2D eigenvalue weighted by molar-refractivity contribution is 0.355. The molecule has 1 aromatic heterocycles. The van der Waals surface area contributed by atoms with Crippen molar-refractivity contribution in [1.82, 2.24) is 4.72 Å². The van der Waals surface area contributed by atoms with Gasteiger partial charge in [0.1, 0.15) is 4.21 Å². The quantitative estimate of drug-likeness (QED) is 0.203. The van der Waals surface area contributed by atoms with E-state index < -0.39 is 10.0 Å². The number of rotatable bonds is 8. The normalized spacial score (nSPS) is 11.6. The fourth-order valence-electron chi connectivity index (χ4n) is 1.97. The molecule has 27 heavy (non-hydrogen) atoms. The highest BCUT2D eigenvalue weighted by atomic mass is 127. The van der Waals surface area contributed by atoms with Crippen LogP contribution in [0.5, 0.6) is 11.5 Å². The Morgan fingerprint density at radius 1 is 1.22 bits per heavy atom. The number of benzene rings is 1. The van der Waals surface area contributed by atoms with E-state index in [2.05, 4.69) is 15.0 Å². The van der Waals surface area contributed by atoms with Crippen LogP contribution in [0.25, 0.3) is 0 Å². The molecule has 0 aliphatic heterocycles. The molecule has 2 aromatic rings. The van der Waals surface area contributed by atoms with Crippen molar-refractivity contribution < 1.29 is 17.9 Å². The molecule has 0 unspecified atom stereocenters. The first kappa shape index (κ1) is 23.8. The molecule has 8 nitrogen and oxygen atoms in total. The monoisotopic (exact) mass is 546 g/mol. The molecule has 12 heteroatoms. The molecular formula is C15H20ClIN4O4S2. The molecule has 150 valence electrons. The highest BCUT2D eigenvalue weighted by Crippen LogP contribution is 2.29. The van der Waals surface area contributed by atoms with Gasteiger partial charge in [0, 0.05) is 18.3 Å². The zero-order chi connectivity index (χ0) is 19.2. The van der Waals surface area contributed by atoms with E-state index in [0.29, 0.717) is 21.5 Å². The van der Waals surface area contributed by atoms with Crippen LogP contribution in [0.2, 0.25) is 4.34 Å². The number of hydrogen-bond donors (Lipinski definition) is 3. The summed E-state index contributed by atoms with van der Waals surface area (Å²) in [7, 11) is -0.509. The van der Waals surface area contributed by atoms with Gasteiger partial charge in [-0.25, -0.2) is 13.1 Å². The number of thiophene rings is 1. The molecule has 4 N–H and O–H groups in total. The average Bonchev–Trinajstić information content (AvgIpc) is 3.06. The minimum Gasteiger partial charge on any atom is -0.493 e. The number of aliphatic imine (C=N–C) groups is 1. The molecule has 0 saturated heterocycles. The van der Waals surface area contributed by atoms with Gasteiger partial charge in [0.05, 0.1) is 25.1 Å². The minimum absolute atomic E-state index is 0. The SMILES string of the molecule is COc1ccc(NC(N)=NCCNS(=O)(=O)c2ccc(Cl)s2)cc1OC.I. The number of nitrogens with one attached hydrogen (secondary N) is 2. The summed E-state index contributed by atoms with van der Waals surface area (Å²) < 4.78 is 37.4. The number of sulfonamides is 1. The maximum absolute atomic E-state index is 12.0. The fourth-order valence-corrected chi connectivity index (χ4v) is 4.52. The van der Waals surface area contributed by atoms with Gasteiger partial charge < -0.3 is 20.5 Å². The third kappa shape index (κ3) is 6.99. The summed E-state index contributed by atoms with van der Waals surface area (Å²) in [6, 6.07) is 8.18. The molecule has 0 spiro atoms. The number of guanidine groups is 1. The summed E-state index contributed by atoms with van der Waals surface area (Å²) in [6.45, 7) is 0.274. The smallest absolute Gasteiger partial charge is 0.250 e. The van der Waals surface area contributed by atoms with E-state index in [4.69, 9.17) is 26.8 Å². The van der Waals surface area contributed by atoms with E-state index in [1.54, 1.807) is 25.3 Å². The highest BCUT2D eigenvalue weighted by Gasteiger charge is 2.15. The maximum atomic E-state index is 12.0. The van der Waals surface area contributed by atoms with Crippen molar-refractivity contribution in [2.45, 2.75) is 4.21 Å². The molecule has 0 atom stereocenters. The number of methoxy groups -OCH3 is 2. The van der Waals surface area contributed by atoms with E-state index in [9.17, 15) is 8.42 Å². The van der Waals surface area contributed by atoms with Crippen molar-refractivity contribution >= 4 is 68.6 Å². The minimum atomic E-state index is -3.59. The van der Waals surface area contributed by atoms with Gasteiger partial charge in [-0.3, -0.25) is 4.99 Å². The maximum Gasteiger partial charge on any atom is 0.250 e. The molecule has 0 aliphatic carbocycles. The van der Waals surface area contributed by atoms with E-state index >= 15 is 0 Å². The standard InChI is InChI=1S/C15H19ClN4O4S2.HI/c1-23-11-4-3-10(9-12(11)24-2)20-15(17)18-7-8-19-26(21,22)14-6-5-13(16)25-14;/h3-6,9,19H,7-8H2,1-2H3,(H3,17,18,20);1H. The first-order valence-corrected chi connectivity index (χ1v) is 10.1. The van der Waals surface area contributed by atoms with Crippen LogP contribution in [0.15, 0.2) is 39.5 Å². The molecule has 0 amide bonds. The van der Waals surface area contributed by atoms with Crippen LogP contribution < -0.4 is 25.2 Å². The van der Waals surface area contributed by atoms with Gasteiger partial charge in [0.15, 0.2) is 17.5 Å². The van der Waals surface area contributed by atoms with Gasteiger partial charge in [-0.2, -0.15) is 0 Å². The van der Waals surface area contributed by atoms with Crippen LogP contribution >= 0.6 is 46.9 Å². The predicted molar refractivity (Wildman–Crippen MR) is 120 cm³/mol. The van der Waals surface area contributed by atoms with Gasteiger partial charge in [0.2, 0.25) is 10.0 Å². The Bertz CT molecular complexity index is 890. The van der Waals surface area contributed by atoms with Crippen LogP contribution in [0.1, 0.15) is 0 Å². The van der Waals surface area contributed by atoms with Crippen LogP contribution in [0.3, 0.4) is 0 Å². The lowest BCUT2D eigenvalue weighted by atomic mass is 10.3. The van der Waals surface area contributed by atoms with Crippen LogP contribution in [-0.4, -0.2) is 41.7 Å². The van der Waals surface area contributed by atoms with E-state index in [-0.39, 0.29) is 47.2 Å². The van der Waals surface area contributed by atoms with Crippen molar-refractivity contribution in [3.63, 3.8) is 0 Å². The molecule has 1 aromatic carbocycles. The Labute approximate surface area is 184 Å². The highest BCUT2D eigenvalue weighted by molar-refractivity contribution is 14.0. The van der Waals surface area contributed by atoms with Gasteiger partial charge in [-0.1, -0.05) is 11.6 Å². The van der Waals surface area contributed by atoms with E-state index in [1.165, 1.54) is 19.2 Å². The Morgan fingerprint density at radius 3 is 2.52 bits per heavy atom. The van der Waals surface area contributed by atoms with Gasteiger partial charge in [-0.15, -0.1) is 35.3 Å². The molecule has 0 radical (unpaired) electrons. The topological polar surface area (TPSA) is 115 Å². The number of halogens is 2. The second-order valence-electron chi connectivity index (χ2n) is 4.92. The molecular weight excluding hydrogens is 527 g/mol. The summed E-state index contributed by atoms with van der Waals surface area (Å²) >= 11 is 6.74. The van der Waals surface area contributed by atoms with E-state index in [1.807, 2.05) is 0 Å². The third-order valence-corrected chi connectivity index (χ3v) is 6.34. The van der Waals surface area contributed by atoms with Gasteiger partial charge in [0.25, 0.3) is 0 Å². The summed E-state index contributed by atoms with van der Waals surface area (Å²) in [5.74, 6) is 1.29. The largest absolute Gasteiger partial charge is 0.493 e. The lowest BCUT2D eigenvalue weighted by Crippen LogP contribution is -2.28.